The van der Waals surface area contributed by atoms with Crippen molar-refractivity contribution in [3.63, 3.8) is 0 Å². The second-order valence-electron chi connectivity index (χ2n) is 6.61. The highest BCUT2D eigenvalue weighted by Crippen LogP contribution is 2.32. The van der Waals surface area contributed by atoms with E-state index in [0.29, 0.717) is 17.3 Å². The molecule has 0 bridgehead atoms. The molecule has 3 N–H and O–H groups in total. The van der Waals surface area contributed by atoms with E-state index in [1.165, 1.54) is 0 Å². The summed E-state index contributed by atoms with van der Waals surface area (Å²) in [7, 11) is 1.63. The van der Waals surface area contributed by atoms with Crippen molar-refractivity contribution in [1.82, 2.24) is 9.97 Å². The largest absolute Gasteiger partial charge is 0.495 e. The Balaban J connectivity index is 1.64. The van der Waals surface area contributed by atoms with Gasteiger partial charge in [0.2, 0.25) is 11.9 Å². The van der Waals surface area contributed by atoms with Crippen molar-refractivity contribution in [1.29, 1.82) is 0 Å². The molecule has 0 atom stereocenters. The van der Waals surface area contributed by atoms with Gasteiger partial charge >= 0.3 is 0 Å². The summed E-state index contributed by atoms with van der Waals surface area (Å²) >= 11 is 0. The molecule has 0 fully saturated rings. The van der Waals surface area contributed by atoms with Crippen LogP contribution in [0, 0.1) is 0 Å². The summed E-state index contributed by atoms with van der Waals surface area (Å²) in [6.07, 6.45) is 1.68. The summed E-state index contributed by atoms with van der Waals surface area (Å²) in [5.41, 5.74) is 10.3. The Morgan fingerprint density at radius 1 is 0.900 bits per heavy atom. The maximum atomic E-state index is 11.3. The van der Waals surface area contributed by atoms with Gasteiger partial charge in [0.05, 0.1) is 18.5 Å². The summed E-state index contributed by atoms with van der Waals surface area (Å²) in [5.74, 6) is 0.668. The molecule has 0 aliphatic rings. The number of benzene rings is 3. The molecular formula is C24H20N4O2. The molecule has 30 heavy (non-hydrogen) atoms. The molecular weight excluding hydrogens is 376 g/mol. The SMILES string of the molecule is COc1ccc(-c2ccccc2)cc1Nc1nccc(-c2ccc(C(N)=O)cc2)n1. The van der Waals surface area contributed by atoms with Gasteiger partial charge in [-0.05, 0) is 41.5 Å². The molecule has 6 heteroatoms. The quantitative estimate of drug-likeness (QED) is 0.495. The Morgan fingerprint density at radius 3 is 2.33 bits per heavy atom. The van der Waals surface area contributed by atoms with Gasteiger partial charge in [-0.2, -0.15) is 0 Å². The fraction of sp³-hybridized carbons (Fsp3) is 0.0417. The first kappa shape index (κ1) is 19.1. The average Bonchev–Trinajstić information content (AvgIpc) is 2.80. The molecule has 3 aromatic carbocycles. The summed E-state index contributed by atoms with van der Waals surface area (Å²) in [6, 6.07) is 24.8. The number of amides is 1. The van der Waals surface area contributed by atoms with Crippen molar-refractivity contribution in [3.05, 3.63) is 90.6 Å². The van der Waals surface area contributed by atoms with E-state index in [1.807, 2.05) is 54.6 Å². The number of rotatable bonds is 6. The lowest BCUT2D eigenvalue weighted by molar-refractivity contribution is 0.100. The third-order valence-electron chi connectivity index (χ3n) is 4.67. The van der Waals surface area contributed by atoms with E-state index in [-0.39, 0.29) is 0 Å². The molecule has 0 saturated heterocycles. The van der Waals surface area contributed by atoms with Crippen molar-refractivity contribution in [2.24, 2.45) is 5.73 Å². The van der Waals surface area contributed by atoms with E-state index >= 15 is 0 Å². The minimum atomic E-state index is -0.461. The Bertz CT molecular complexity index is 1180. The monoisotopic (exact) mass is 396 g/mol. The molecule has 0 saturated carbocycles. The number of anilines is 2. The van der Waals surface area contributed by atoms with Crippen LogP contribution < -0.4 is 15.8 Å². The van der Waals surface area contributed by atoms with Crippen LogP contribution in [0.15, 0.2) is 85.1 Å². The number of carbonyl (C=O) groups is 1. The molecule has 6 nitrogen and oxygen atoms in total. The van der Waals surface area contributed by atoms with E-state index in [1.54, 1.807) is 25.4 Å². The van der Waals surface area contributed by atoms with Gasteiger partial charge < -0.3 is 15.8 Å². The zero-order valence-corrected chi connectivity index (χ0v) is 16.4. The van der Waals surface area contributed by atoms with Crippen molar-refractivity contribution >= 4 is 17.5 Å². The van der Waals surface area contributed by atoms with Crippen LogP contribution >= 0.6 is 0 Å². The number of aromatic nitrogens is 2. The van der Waals surface area contributed by atoms with E-state index in [0.717, 1.165) is 28.1 Å². The summed E-state index contributed by atoms with van der Waals surface area (Å²) < 4.78 is 5.50. The molecule has 4 rings (SSSR count). The Labute approximate surface area is 174 Å². The van der Waals surface area contributed by atoms with Crippen LogP contribution in [0.2, 0.25) is 0 Å². The van der Waals surface area contributed by atoms with E-state index in [2.05, 4.69) is 27.4 Å². The van der Waals surface area contributed by atoms with Crippen molar-refractivity contribution in [2.75, 3.05) is 12.4 Å². The Morgan fingerprint density at radius 2 is 1.63 bits per heavy atom. The molecule has 148 valence electrons. The molecule has 0 spiro atoms. The normalized spacial score (nSPS) is 10.4. The van der Waals surface area contributed by atoms with Gasteiger partial charge in [-0.25, -0.2) is 9.97 Å². The number of hydrogen-bond acceptors (Lipinski definition) is 5. The Hall–Kier alpha value is -4.19. The van der Waals surface area contributed by atoms with Gasteiger partial charge in [0.25, 0.3) is 0 Å². The molecule has 1 amide bonds. The van der Waals surface area contributed by atoms with Crippen LogP contribution in [0.1, 0.15) is 10.4 Å². The minimum Gasteiger partial charge on any atom is -0.495 e. The minimum absolute atomic E-state index is 0.440. The van der Waals surface area contributed by atoms with Gasteiger partial charge in [-0.3, -0.25) is 4.79 Å². The number of methoxy groups -OCH3 is 1. The van der Waals surface area contributed by atoms with Crippen LogP contribution in [0.3, 0.4) is 0 Å². The lowest BCUT2D eigenvalue weighted by atomic mass is 10.0. The number of nitrogens with two attached hydrogens (primary N) is 1. The molecule has 0 radical (unpaired) electrons. The zero-order valence-electron chi connectivity index (χ0n) is 16.4. The lowest BCUT2D eigenvalue weighted by Gasteiger charge is -2.13. The first-order valence-corrected chi connectivity index (χ1v) is 9.38. The second-order valence-corrected chi connectivity index (χ2v) is 6.61. The van der Waals surface area contributed by atoms with Crippen LogP contribution in [0.25, 0.3) is 22.4 Å². The predicted molar refractivity (Wildman–Crippen MR) is 118 cm³/mol. The smallest absolute Gasteiger partial charge is 0.248 e. The average molecular weight is 396 g/mol. The first-order chi connectivity index (χ1) is 14.6. The standard InChI is InChI=1S/C24H20N4O2/c1-30-22-12-11-19(16-5-3-2-4-6-16)15-21(22)28-24-26-14-13-20(27-24)17-7-9-18(10-8-17)23(25)29/h2-15H,1H3,(H2,25,29)(H,26,27,28). The summed E-state index contributed by atoms with van der Waals surface area (Å²) in [5, 5.41) is 3.25. The Kier molecular flexibility index (Phi) is 5.39. The van der Waals surface area contributed by atoms with E-state index < -0.39 is 5.91 Å². The maximum absolute atomic E-state index is 11.3. The molecule has 0 unspecified atom stereocenters. The summed E-state index contributed by atoms with van der Waals surface area (Å²) in [6.45, 7) is 0. The predicted octanol–water partition coefficient (Wildman–Crippen LogP) is 4.66. The molecule has 0 aliphatic carbocycles. The van der Waals surface area contributed by atoms with Crippen LogP contribution in [-0.2, 0) is 0 Å². The van der Waals surface area contributed by atoms with Crippen LogP contribution in [0.5, 0.6) is 5.75 Å². The fourth-order valence-electron chi connectivity index (χ4n) is 3.12. The number of hydrogen-bond donors (Lipinski definition) is 2. The first-order valence-electron chi connectivity index (χ1n) is 9.38. The van der Waals surface area contributed by atoms with Gasteiger partial charge in [0, 0.05) is 17.3 Å². The zero-order chi connectivity index (χ0) is 20.9. The topological polar surface area (TPSA) is 90.1 Å². The number of ether oxygens (including phenoxy) is 1. The summed E-state index contributed by atoms with van der Waals surface area (Å²) in [4.78, 5) is 20.2. The fourth-order valence-corrected chi connectivity index (χ4v) is 3.12. The van der Waals surface area contributed by atoms with Crippen LogP contribution in [-0.4, -0.2) is 23.0 Å². The highest BCUT2D eigenvalue weighted by Gasteiger charge is 2.09. The van der Waals surface area contributed by atoms with Crippen molar-refractivity contribution < 1.29 is 9.53 Å². The number of carbonyl (C=O) groups excluding carboxylic acids is 1. The van der Waals surface area contributed by atoms with Crippen molar-refractivity contribution in [3.8, 4) is 28.1 Å². The third-order valence-corrected chi connectivity index (χ3v) is 4.67. The van der Waals surface area contributed by atoms with E-state index in [4.69, 9.17) is 10.5 Å². The molecule has 4 aromatic rings. The number of primary amides is 1. The lowest BCUT2D eigenvalue weighted by Crippen LogP contribution is -2.10. The van der Waals surface area contributed by atoms with Gasteiger partial charge in [-0.15, -0.1) is 0 Å². The number of nitrogens with zero attached hydrogens (tertiary/aromatic N) is 2. The van der Waals surface area contributed by atoms with Crippen LogP contribution in [0.4, 0.5) is 11.6 Å². The molecule has 1 heterocycles. The second kappa shape index (κ2) is 8.45. The third kappa shape index (κ3) is 4.12. The van der Waals surface area contributed by atoms with Gasteiger partial charge in [0.15, 0.2) is 0 Å². The highest BCUT2D eigenvalue weighted by molar-refractivity contribution is 5.93. The number of nitrogens with one attached hydrogen (secondary N) is 1. The molecule has 0 aliphatic heterocycles. The van der Waals surface area contributed by atoms with E-state index in [9.17, 15) is 4.79 Å². The maximum Gasteiger partial charge on any atom is 0.248 e. The highest BCUT2D eigenvalue weighted by atomic mass is 16.5. The van der Waals surface area contributed by atoms with Crippen molar-refractivity contribution in [2.45, 2.75) is 0 Å². The molecule has 1 aromatic heterocycles. The van der Waals surface area contributed by atoms with Gasteiger partial charge in [0.1, 0.15) is 5.75 Å². The van der Waals surface area contributed by atoms with Gasteiger partial charge in [-0.1, -0.05) is 48.5 Å².